The fourth-order valence-electron chi connectivity index (χ4n) is 1.23. The van der Waals surface area contributed by atoms with Gasteiger partial charge in [-0.1, -0.05) is 23.7 Å². The second-order valence-electron chi connectivity index (χ2n) is 3.23. The van der Waals surface area contributed by atoms with E-state index in [9.17, 15) is 0 Å². The number of nitrogens with two attached hydrogens (primary N) is 1. The highest BCUT2D eigenvalue weighted by atomic mass is 35.5. The normalized spacial score (nSPS) is 10.9. The Bertz CT molecular complexity index is 391. The molecule has 0 spiro atoms. The molecular formula is C11H13ClN4. The molecule has 0 heterocycles. The lowest BCUT2D eigenvalue weighted by Gasteiger charge is -2.00. The molecule has 0 atom stereocenters. The van der Waals surface area contributed by atoms with Crippen LogP contribution in [0.2, 0.25) is 5.02 Å². The summed E-state index contributed by atoms with van der Waals surface area (Å²) in [6.07, 6.45) is 3.51. The maximum atomic E-state index is 8.26. The molecule has 0 bridgehead atoms. The molecule has 1 rings (SSSR count). The van der Waals surface area contributed by atoms with Gasteiger partial charge in [0.05, 0.1) is 0 Å². The first-order valence-electron chi connectivity index (χ1n) is 4.92. The number of nitrogens with one attached hydrogen (secondary N) is 1. The van der Waals surface area contributed by atoms with Gasteiger partial charge in [-0.05, 0) is 30.5 Å². The summed E-state index contributed by atoms with van der Waals surface area (Å²) >= 11 is 5.77. The summed E-state index contributed by atoms with van der Waals surface area (Å²) in [5, 5.41) is 11.3. The number of hydrogen-bond donors (Lipinski definition) is 2. The highest BCUT2D eigenvalue weighted by molar-refractivity contribution is 6.30. The van der Waals surface area contributed by atoms with E-state index in [1.165, 1.54) is 5.56 Å². The molecule has 0 aliphatic rings. The van der Waals surface area contributed by atoms with E-state index >= 15 is 0 Å². The maximum absolute atomic E-state index is 8.26. The molecule has 0 saturated carbocycles. The Kier molecular flexibility index (Phi) is 5.17. The van der Waals surface area contributed by atoms with Gasteiger partial charge in [0.25, 0.3) is 0 Å². The van der Waals surface area contributed by atoms with Gasteiger partial charge in [-0.3, -0.25) is 10.3 Å². The predicted octanol–water partition coefficient (Wildman–Crippen LogP) is 1.66. The summed E-state index contributed by atoms with van der Waals surface area (Å²) in [5.74, 6) is 0.165. The first kappa shape index (κ1) is 12.3. The molecular weight excluding hydrogens is 224 g/mol. The molecule has 4 nitrogen and oxygen atoms in total. The van der Waals surface area contributed by atoms with E-state index in [0.717, 1.165) is 17.9 Å². The van der Waals surface area contributed by atoms with Crippen LogP contribution in [0.25, 0.3) is 0 Å². The SMILES string of the molecule is N#CNC(N)=NCCCc1ccc(Cl)cc1. The Balaban J connectivity index is 2.29. The summed E-state index contributed by atoms with van der Waals surface area (Å²) < 4.78 is 0. The Hall–Kier alpha value is -1.73. The van der Waals surface area contributed by atoms with Crippen molar-refractivity contribution in [1.82, 2.24) is 5.32 Å². The molecule has 0 radical (unpaired) electrons. The Morgan fingerprint density at radius 2 is 2.12 bits per heavy atom. The lowest BCUT2D eigenvalue weighted by molar-refractivity contribution is 0.828. The van der Waals surface area contributed by atoms with Gasteiger partial charge in [0.1, 0.15) is 0 Å². The number of rotatable bonds is 4. The van der Waals surface area contributed by atoms with Crippen LogP contribution in [0, 0.1) is 11.5 Å². The molecule has 3 N–H and O–H groups in total. The van der Waals surface area contributed by atoms with Gasteiger partial charge in [0.2, 0.25) is 5.96 Å². The van der Waals surface area contributed by atoms with E-state index in [1.807, 2.05) is 24.3 Å². The van der Waals surface area contributed by atoms with Crippen molar-refractivity contribution in [2.24, 2.45) is 10.7 Å². The van der Waals surface area contributed by atoms with Crippen molar-refractivity contribution < 1.29 is 0 Å². The van der Waals surface area contributed by atoms with Crippen LogP contribution in [0.15, 0.2) is 29.3 Å². The standard InChI is InChI=1S/C11H13ClN4/c12-10-5-3-9(4-6-10)2-1-7-15-11(14)16-8-13/h3-6H,1-2,7H2,(H3,14,15,16). The smallest absolute Gasteiger partial charge is 0.202 e. The van der Waals surface area contributed by atoms with Crippen LogP contribution in [0.1, 0.15) is 12.0 Å². The van der Waals surface area contributed by atoms with E-state index in [-0.39, 0.29) is 5.96 Å². The number of aliphatic imine (C=N–C) groups is 1. The van der Waals surface area contributed by atoms with Crippen LogP contribution in [0.4, 0.5) is 0 Å². The van der Waals surface area contributed by atoms with Crippen molar-refractivity contribution in [1.29, 1.82) is 5.26 Å². The largest absolute Gasteiger partial charge is 0.369 e. The Labute approximate surface area is 99.7 Å². The van der Waals surface area contributed by atoms with E-state index in [2.05, 4.69) is 10.3 Å². The zero-order chi connectivity index (χ0) is 11.8. The van der Waals surface area contributed by atoms with E-state index in [0.29, 0.717) is 6.54 Å². The van der Waals surface area contributed by atoms with Gasteiger partial charge in [-0.2, -0.15) is 5.26 Å². The van der Waals surface area contributed by atoms with E-state index < -0.39 is 0 Å². The maximum Gasteiger partial charge on any atom is 0.202 e. The molecule has 0 saturated heterocycles. The molecule has 1 aromatic carbocycles. The van der Waals surface area contributed by atoms with Crippen LogP contribution >= 0.6 is 11.6 Å². The predicted molar refractivity (Wildman–Crippen MR) is 65.0 cm³/mol. The van der Waals surface area contributed by atoms with Gasteiger partial charge in [0, 0.05) is 11.6 Å². The lowest BCUT2D eigenvalue weighted by Crippen LogP contribution is -2.27. The van der Waals surface area contributed by atoms with Crippen molar-refractivity contribution in [2.45, 2.75) is 12.8 Å². The van der Waals surface area contributed by atoms with Crippen LogP contribution in [0.5, 0.6) is 0 Å². The molecule has 0 aliphatic heterocycles. The Morgan fingerprint density at radius 3 is 2.75 bits per heavy atom. The third-order valence-electron chi connectivity index (χ3n) is 2.00. The number of nitrogens with zero attached hydrogens (tertiary/aromatic N) is 2. The van der Waals surface area contributed by atoms with Crippen LogP contribution in [-0.4, -0.2) is 12.5 Å². The van der Waals surface area contributed by atoms with E-state index in [4.69, 9.17) is 22.6 Å². The number of guanidine groups is 1. The van der Waals surface area contributed by atoms with Crippen molar-refractivity contribution >= 4 is 17.6 Å². The number of benzene rings is 1. The summed E-state index contributed by atoms with van der Waals surface area (Å²) in [6.45, 7) is 0.600. The average Bonchev–Trinajstić information content (AvgIpc) is 2.27. The van der Waals surface area contributed by atoms with Crippen molar-refractivity contribution in [3.05, 3.63) is 34.9 Å². The van der Waals surface area contributed by atoms with Gasteiger partial charge in [-0.25, -0.2) is 0 Å². The van der Waals surface area contributed by atoms with Crippen LogP contribution < -0.4 is 11.1 Å². The molecule has 1 aromatic rings. The Morgan fingerprint density at radius 1 is 1.44 bits per heavy atom. The molecule has 84 valence electrons. The van der Waals surface area contributed by atoms with Gasteiger partial charge >= 0.3 is 0 Å². The topological polar surface area (TPSA) is 74.2 Å². The molecule has 0 fully saturated rings. The molecule has 0 amide bonds. The van der Waals surface area contributed by atoms with E-state index in [1.54, 1.807) is 6.19 Å². The first-order chi connectivity index (χ1) is 7.72. The minimum Gasteiger partial charge on any atom is -0.369 e. The summed E-state index contributed by atoms with van der Waals surface area (Å²) in [7, 11) is 0. The number of halogens is 1. The highest BCUT2D eigenvalue weighted by Crippen LogP contribution is 2.10. The number of nitriles is 1. The first-order valence-corrected chi connectivity index (χ1v) is 5.29. The summed E-state index contributed by atoms with van der Waals surface area (Å²) in [4.78, 5) is 3.98. The molecule has 16 heavy (non-hydrogen) atoms. The van der Waals surface area contributed by atoms with Crippen molar-refractivity contribution in [3.8, 4) is 6.19 Å². The lowest BCUT2D eigenvalue weighted by atomic mass is 10.1. The zero-order valence-electron chi connectivity index (χ0n) is 8.78. The minimum atomic E-state index is 0.165. The monoisotopic (exact) mass is 236 g/mol. The molecule has 5 heteroatoms. The number of hydrogen-bond acceptors (Lipinski definition) is 2. The van der Waals surface area contributed by atoms with Crippen LogP contribution in [0.3, 0.4) is 0 Å². The fraction of sp³-hybridized carbons (Fsp3) is 0.273. The van der Waals surface area contributed by atoms with Crippen molar-refractivity contribution in [2.75, 3.05) is 6.54 Å². The second-order valence-corrected chi connectivity index (χ2v) is 3.67. The van der Waals surface area contributed by atoms with Gasteiger partial charge in [0.15, 0.2) is 6.19 Å². The third kappa shape index (κ3) is 4.67. The summed E-state index contributed by atoms with van der Waals surface area (Å²) in [5.41, 5.74) is 6.60. The van der Waals surface area contributed by atoms with Crippen LogP contribution in [-0.2, 0) is 6.42 Å². The van der Waals surface area contributed by atoms with Gasteiger partial charge in [-0.15, -0.1) is 0 Å². The third-order valence-corrected chi connectivity index (χ3v) is 2.25. The second kappa shape index (κ2) is 6.70. The highest BCUT2D eigenvalue weighted by Gasteiger charge is 1.93. The molecule has 0 unspecified atom stereocenters. The van der Waals surface area contributed by atoms with Crippen molar-refractivity contribution in [3.63, 3.8) is 0 Å². The average molecular weight is 237 g/mol. The fourth-order valence-corrected chi connectivity index (χ4v) is 1.36. The minimum absolute atomic E-state index is 0.165. The molecule has 0 aliphatic carbocycles. The van der Waals surface area contributed by atoms with Gasteiger partial charge < -0.3 is 5.73 Å². The molecule has 0 aromatic heterocycles. The quantitative estimate of drug-likeness (QED) is 0.275. The summed E-state index contributed by atoms with van der Waals surface area (Å²) in [6, 6.07) is 7.71. The number of aryl methyl sites for hydroxylation is 1. The zero-order valence-corrected chi connectivity index (χ0v) is 9.54.